The van der Waals surface area contributed by atoms with Crippen molar-refractivity contribution in [2.24, 2.45) is 0 Å². The third-order valence-corrected chi connectivity index (χ3v) is 5.64. The van der Waals surface area contributed by atoms with Crippen LogP contribution in [-0.2, 0) is 11.8 Å². The first-order valence-electron chi connectivity index (χ1n) is 10.1. The Morgan fingerprint density at radius 1 is 1.11 bits per heavy atom. The van der Waals surface area contributed by atoms with Gasteiger partial charge in [0.25, 0.3) is 0 Å². The molecule has 4 heteroatoms. The van der Waals surface area contributed by atoms with Crippen LogP contribution in [0.25, 0.3) is 10.9 Å². The minimum absolute atomic E-state index is 0.0870. The predicted molar refractivity (Wildman–Crippen MR) is 115 cm³/mol. The lowest BCUT2D eigenvalue weighted by Crippen LogP contribution is -2.31. The summed E-state index contributed by atoms with van der Waals surface area (Å²) in [6.07, 6.45) is 1.00. The molecule has 1 atom stereocenters. The molecule has 2 N–H and O–H groups in total. The molecular weight excluding hydrogens is 348 g/mol. The number of rotatable bonds is 4. The molecule has 1 aliphatic heterocycles. The molecule has 0 spiro atoms. The standard InChI is InChI=1S/C24H30N2O2/c1-6-28-16-8-9-20-18(14-16)17-11-12-25-22(23(17)26-20)19-13-15(24(2,3)4)7-10-21(19)27-5/h7-10,13-14,22,25-26H,6,11-12H2,1-5H3. The zero-order valence-corrected chi connectivity index (χ0v) is 17.5. The van der Waals surface area contributed by atoms with Crippen molar-refractivity contribution >= 4 is 10.9 Å². The van der Waals surface area contributed by atoms with Gasteiger partial charge in [0.2, 0.25) is 0 Å². The fraction of sp³-hybridized carbons (Fsp3) is 0.417. The van der Waals surface area contributed by atoms with Crippen LogP contribution in [0.1, 0.15) is 56.1 Å². The van der Waals surface area contributed by atoms with Gasteiger partial charge in [-0.15, -0.1) is 0 Å². The first kappa shape index (κ1) is 18.9. The second kappa shape index (κ2) is 7.17. The average Bonchev–Trinajstić information content (AvgIpc) is 3.05. The number of hydrogen-bond acceptors (Lipinski definition) is 3. The zero-order valence-electron chi connectivity index (χ0n) is 17.5. The second-order valence-electron chi connectivity index (χ2n) is 8.50. The van der Waals surface area contributed by atoms with Gasteiger partial charge in [0.05, 0.1) is 19.8 Å². The molecule has 0 saturated carbocycles. The summed E-state index contributed by atoms with van der Waals surface area (Å²) in [5, 5.41) is 4.97. The van der Waals surface area contributed by atoms with Crippen LogP contribution in [0, 0.1) is 0 Å². The van der Waals surface area contributed by atoms with E-state index in [9.17, 15) is 0 Å². The summed E-state index contributed by atoms with van der Waals surface area (Å²) in [6.45, 7) is 10.4. The Kier molecular flexibility index (Phi) is 4.84. The maximum Gasteiger partial charge on any atom is 0.124 e. The van der Waals surface area contributed by atoms with E-state index in [4.69, 9.17) is 9.47 Å². The summed E-state index contributed by atoms with van der Waals surface area (Å²) in [5.41, 5.74) is 6.36. The van der Waals surface area contributed by atoms with Gasteiger partial charge in [-0.1, -0.05) is 26.8 Å². The fourth-order valence-electron chi connectivity index (χ4n) is 4.16. The molecule has 4 rings (SSSR count). The Hall–Kier alpha value is -2.46. The number of fused-ring (bicyclic) bond motifs is 3. The minimum Gasteiger partial charge on any atom is -0.496 e. The third-order valence-electron chi connectivity index (χ3n) is 5.64. The Balaban J connectivity index is 1.85. The van der Waals surface area contributed by atoms with Crippen LogP contribution in [0.5, 0.6) is 11.5 Å². The van der Waals surface area contributed by atoms with Crippen molar-refractivity contribution in [3.63, 3.8) is 0 Å². The highest BCUT2D eigenvalue weighted by Gasteiger charge is 2.28. The number of ether oxygens (including phenoxy) is 2. The molecule has 3 aromatic rings. The van der Waals surface area contributed by atoms with Gasteiger partial charge in [-0.25, -0.2) is 0 Å². The first-order chi connectivity index (χ1) is 13.4. The van der Waals surface area contributed by atoms with Crippen LogP contribution in [0.2, 0.25) is 0 Å². The van der Waals surface area contributed by atoms with E-state index in [1.54, 1.807) is 7.11 Å². The van der Waals surface area contributed by atoms with E-state index in [0.29, 0.717) is 6.61 Å². The van der Waals surface area contributed by atoms with Crippen molar-refractivity contribution in [2.75, 3.05) is 20.3 Å². The molecule has 1 aliphatic rings. The third kappa shape index (κ3) is 3.26. The van der Waals surface area contributed by atoms with E-state index in [1.807, 2.05) is 13.0 Å². The number of aromatic amines is 1. The fourth-order valence-corrected chi connectivity index (χ4v) is 4.16. The van der Waals surface area contributed by atoms with E-state index in [1.165, 1.54) is 27.8 Å². The van der Waals surface area contributed by atoms with Crippen LogP contribution in [0.4, 0.5) is 0 Å². The van der Waals surface area contributed by atoms with Crippen LogP contribution in [-0.4, -0.2) is 25.2 Å². The zero-order chi connectivity index (χ0) is 19.9. The van der Waals surface area contributed by atoms with Crippen LogP contribution in [0.15, 0.2) is 36.4 Å². The molecule has 0 saturated heterocycles. The SMILES string of the molecule is CCOc1ccc2[nH]c3c(c2c1)CCNC3c1cc(C(C)(C)C)ccc1OC. The monoisotopic (exact) mass is 378 g/mol. The van der Waals surface area contributed by atoms with E-state index in [0.717, 1.165) is 30.0 Å². The summed E-state index contributed by atoms with van der Waals surface area (Å²) in [6, 6.07) is 13.0. The van der Waals surface area contributed by atoms with E-state index >= 15 is 0 Å². The predicted octanol–water partition coefficient (Wildman–Crippen LogP) is 5.11. The maximum atomic E-state index is 5.73. The van der Waals surface area contributed by atoms with Gasteiger partial charge < -0.3 is 19.8 Å². The smallest absolute Gasteiger partial charge is 0.124 e. The van der Waals surface area contributed by atoms with E-state index in [2.05, 4.69) is 61.4 Å². The number of nitrogens with one attached hydrogen (secondary N) is 2. The average molecular weight is 379 g/mol. The quantitative estimate of drug-likeness (QED) is 0.663. The highest BCUT2D eigenvalue weighted by molar-refractivity contribution is 5.86. The number of hydrogen-bond donors (Lipinski definition) is 2. The highest BCUT2D eigenvalue weighted by atomic mass is 16.5. The van der Waals surface area contributed by atoms with Gasteiger partial charge in [0.1, 0.15) is 11.5 Å². The first-order valence-corrected chi connectivity index (χ1v) is 10.1. The Morgan fingerprint density at radius 3 is 2.64 bits per heavy atom. The highest BCUT2D eigenvalue weighted by Crippen LogP contribution is 2.39. The molecule has 148 valence electrons. The molecule has 0 fully saturated rings. The van der Waals surface area contributed by atoms with E-state index < -0.39 is 0 Å². The van der Waals surface area contributed by atoms with Crippen LogP contribution in [0.3, 0.4) is 0 Å². The lowest BCUT2D eigenvalue weighted by Gasteiger charge is -2.28. The van der Waals surface area contributed by atoms with E-state index in [-0.39, 0.29) is 11.5 Å². The van der Waals surface area contributed by atoms with Gasteiger partial charge in [-0.3, -0.25) is 0 Å². The van der Waals surface area contributed by atoms with Gasteiger partial charge >= 0.3 is 0 Å². The number of H-pyrrole nitrogens is 1. The Labute approximate surface area is 167 Å². The molecular formula is C24H30N2O2. The normalized spacial score (nSPS) is 16.8. The lowest BCUT2D eigenvalue weighted by molar-refractivity contribution is 0.340. The second-order valence-corrected chi connectivity index (χ2v) is 8.50. The summed E-state index contributed by atoms with van der Waals surface area (Å²) in [7, 11) is 1.75. The Bertz CT molecular complexity index is 998. The molecule has 4 nitrogen and oxygen atoms in total. The molecule has 0 amide bonds. The number of methoxy groups -OCH3 is 1. The summed E-state index contributed by atoms with van der Waals surface area (Å²) in [4.78, 5) is 3.67. The topological polar surface area (TPSA) is 46.3 Å². The van der Waals surface area contributed by atoms with Crippen molar-refractivity contribution in [1.29, 1.82) is 0 Å². The summed E-state index contributed by atoms with van der Waals surface area (Å²) < 4.78 is 11.5. The molecule has 28 heavy (non-hydrogen) atoms. The number of aromatic nitrogens is 1. The largest absolute Gasteiger partial charge is 0.496 e. The maximum absolute atomic E-state index is 5.73. The molecule has 2 heterocycles. The molecule has 1 unspecified atom stereocenters. The van der Waals surface area contributed by atoms with Crippen molar-refractivity contribution < 1.29 is 9.47 Å². The molecule has 2 aromatic carbocycles. The van der Waals surface area contributed by atoms with Crippen molar-refractivity contribution in [2.45, 2.75) is 45.6 Å². The molecule has 0 bridgehead atoms. The molecule has 0 aliphatic carbocycles. The molecule has 1 aromatic heterocycles. The van der Waals surface area contributed by atoms with Gasteiger partial charge in [0.15, 0.2) is 0 Å². The number of benzene rings is 2. The minimum atomic E-state index is 0.0870. The van der Waals surface area contributed by atoms with Crippen LogP contribution < -0.4 is 14.8 Å². The van der Waals surface area contributed by atoms with Gasteiger partial charge in [-0.2, -0.15) is 0 Å². The van der Waals surface area contributed by atoms with Gasteiger partial charge in [-0.05, 0) is 60.2 Å². The molecule has 0 radical (unpaired) electrons. The van der Waals surface area contributed by atoms with Gasteiger partial charge in [0, 0.05) is 28.7 Å². The van der Waals surface area contributed by atoms with Crippen molar-refractivity contribution in [3.8, 4) is 11.5 Å². The lowest BCUT2D eigenvalue weighted by atomic mass is 9.84. The van der Waals surface area contributed by atoms with Crippen molar-refractivity contribution in [1.82, 2.24) is 10.3 Å². The summed E-state index contributed by atoms with van der Waals surface area (Å²) >= 11 is 0. The van der Waals surface area contributed by atoms with Crippen molar-refractivity contribution in [3.05, 3.63) is 58.8 Å². The van der Waals surface area contributed by atoms with Crippen LogP contribution >= 0.6 is 0 Å². The Morgan fingerprint density at radius 2 is 1.93 bits per heavy atom. The summed E-state index contributed by atoms with van der Waals surface area (Å²) in [5.74, 6) is 1.85.